The van der Waals surface area contributed by atoms with Crippen LogP contribution in [0.4, 0.5) is 0 Å². The van der Waals surface area contributed by atoms with Crippen molar-refractivity contribution in [2.75, 3.05) is 18.6 Å². The van der Waals surface area contributed by atoms with Gasteiger partial charge in [-0.25, -0.2) is 22.0 Å². The molecule has 19 heavy (non-hydrogen) atoms. The fourth-order valence-corrected chi connectivity index (χ4v) is 2.28. The molecule has 1 amide bonds. The quantitative estimate of drug-likeness (QED) is 0.730. The van der Waals surface area contributed by atoms with Gasteiger partial charge in [0.1, 0.15) is 0 Å². The molecule has 0 aromatic heterocycles. The minimum Gasteiger partial charge on any atom is -0.351 e. The molecule has 0 heterocycles. The molecule has 7 nitrogen and oxygen atoms in total. The van der Waals surface area contributed by atoms with E-state index >= 15 is 0 Å². The van der Waals surface area contributed by atoms with E-state index in [2.05, 4.69) is 5.32 Å². The lowest BCUT2D eigenvalue weighted by Crippen LogP contribution is -2.31. The first-order valence-electron chi connectivity index (χ1n) is 5.18. The average molecular weight is 306 g/mol. The van der Waals surface area contributed by atoms with Crippen molar-refractivity contribution < 1.29 is 21.6 Å². The maximum atomic E-state index is 11.6. The maximum Gasteiger partial charge on any atom is 0.251 e. The molecule has 0 fully saturated rings. The third-order valence-electron chi connectivity index (χ3n) is 2.22. The molecule has 0 aliphatic heterocycles. The van der Waals surface area contributed by atoms with Crippen LogP contribution in [0.1, 0.15) is 10.4 Å². The molecule has 1 aromatic rings. The topological polar surface area (TPSA) is 123 Å². The Morgan fingerprint density at radius 2 is 1.68 bits per heavy atom. The summed E-state index contributed by atoms with van der Waals surface area (Å²) in [7, 11) is -6.93. The highest BCUT2D eigenvalue weighted by atomic mass is 32.2. The Kier molecular flexibility index (Phi) is 4.66. The zero-order chi connectivity index (χ0) is 14.7. The number of nitrogens with one attached hydrogen (secondary N) is 1. The summed E-state index contributed by atoms with van der Waals surface area (Å²) in [6, 6.07) is 5.32. The van der Waals surface area contributed by atoms with Gasteiger partial charge in [0, 0.05) is 18.4 Å². The predicted molar refractivity (Wildman–Crippen MR) is 69.9 cm³/mol. The van der Waals surface area contributed by atoms with Gasteiger partial charge in [-0.05, 0) is 24.3 Å². The molecule has 3 N–H and O–H groups in total. The fraction of sp³-hybridized carbons (Fsp3) is 0.300. The Morgan fingerprint density at radius 1 is 1.16 bits per heavy atom. The van der Waals surface area contributed by atoms with Gasteiger partial charge in [-0.1, -0.05) is 0 Å². The summed E-state index contributed by atoms with van der Waals surface area (Å²) in [5, 5.41) is 7.15. The number of benzene rings is 1. The molecule has 0 bridgehead atoms. The van der Waals surface area contributed by atoms with Crippen molar-refractivity contribution in [2.24, 2.45) is 5.14 Å². The van der Waals surface area contributed by atoms with Crippen LogP contribution >= 0.6 is 0 Å². The maximum absolute atomic E-state index is 11.6. The first-order valence-corrected chi connectivity index (χ1v) is 8.79. The van der Waals surface area contributed by atoms with Crippen LogP contribution in [0.5, 0.6) is 0 Å². The van der Waals surface area contributed by atoms with Gasteiger partial charge in [0.05, 0.1) is 10.6 Å². The molecule has 0 saturated carbocycles. The van der Waals surface area contributed by atoms with Gasteiger partial charge in [-0.2, -0.15) is 0 Å². The van der Waals surface area contributed by atoms with Crippen molar-refractivity contribution in [3.05, 3.63) is 29.8 Å². The van der Waals surface area contributed by atoms with E-state index in [1.165, 1.54) is 24.3 Å². The predicted octanol–water partition coefficient (Wildman–Crippen LogP) is -0.892. The Bertz CT molecular complexity index is 662. The van der Waals surface area contributed by atoms with Crippen LogP contribution < -0.4 is 10.5 Å². The number of hydrogen-bond acceptors (Lipinski definition) is 5. The largest absolute Gasteiger partial charge is 0.351 e. The zero-order valence-corrected chi connectivity index (χ0v) is 11.8. The Labute approximate surface area is 111 Å². The van der Waals surface area contributed by atoms with Gasteiger partial charge < -0.3 is 5.32 Å². The molecule has 0 aliphatic rings. The summed E-state index contributed by atoms with van der Waals surface area (Å²) in [6.07, 6.45) is 1.06. The van der Waals surface area contributed by atoms with Crippen LogP contribution in [0.25, 0.3) is 0 Å². The number of carbonyl (C=O) groups excluding carboxylic acids is 1. The first kappa shape index (κ1) is 15.6. The highest BCUT2D eigenvalue weighted by Gasteiger charge is 2.10. The molecule has 1 aromatic carbocycles. The lowest BCUT2D eigenvalue weighted by atomic mass is 10.2. The first-order chi connectivity index (χ1) is 8.59. The van der Waals surface area contributed by atoms with E-state index in [1.54, 1.807) is 0 Å². The molecule has 106 valence electrons. The van der Waals surface area contributed by atoms with Crippen LogP contribution in [0.15, 0.2) is 29.2 Å². The van der Waals surface area contributed by atoms with Gasteiger partial charge in [-0.15, -0.1) is 0 Å². The van der Waals surface area contributed by atoms with Crippen molar-refractivity contribution in [1.29, 1.82) is 0 Å². The summed E-state index contributed by atoms with van der Waals surface area (Å²) in [6.45, 7) is -0.106. The van der Waals surface area contributed by atoms with Gasteiger partial charge in [-0.3, -0.25) is 4.79 Å². The average Bonchev–Trinajstić information content (AvgIpc) is 2.26. The number of hydrogen-bond donors (Lipinski definition) is 2. The normalized spacial score (nSPS) is 12.1. The monoisotopic (exact) mass is 306 g/mol. The lowest BCUT2D eigenvalue weighted by molar-refractivity contribution is 0.0956. The van der Waals surface area contributed by atoms with Crippen molar-refractivity contribution in [3.63, 3.8) is 0 Å². The molecule has 0 unspecified atom stereocenters. The summed E-state index contributed by atoms with van der Waals surface area (Å²) in [5.74, 6) is -0.858. The Balaban J connectivity index is 2.69. The standard InChI is InChI=1S/C10H14N2O5S2/c1-18(14,15)9-4-2-8(3-5-9)10(13)12-6-7-19(11,16)17/h2-5H,6-7H2,1H3,(H,12,13)(H2,11,16,17). The zero-order valence-electron chi connectivity index (χ0n) is 10.2. The van der Waals surface area contributed by atoms with E-state index in [-0.39, 0.29) is 22.8 Å². The van der Waals surface area contributed by atoms with Crippen LogP contribution in [0, 0.1) is 0 Å². The van der Waals surface area contributed by atoms with E-state index in [4.69, 9.17) is 5.14 Å². The van der Waals surface area contributed by atoms with E-state index < -0.39 is 25.8 Å². The lowest BCUT2D eigenvalue weighted by Gasteiger charge is -2.05. The number of rotatable bonds is 5. The number of sulfonamides is 1. The highest BCUT2D eigenvalue weighted by Crippen LogP contribution is 2.10. The van der Waals surface area contributed by atoms with Crippen LogP contribution in [0.2, 0.25) is 0 Å². The van der Waals surface area contributed by atoms with E-state index in [9.17, 15) is 21.6 Å². The second kappa shape index (κ2) is 5.68. The smallest absolute Gasteiger partial charge is 0.251 e. The van der Waals surface area contributed by atoms with Crippen LogP contribution in [-0.4, -0.2) is 41.3 Å². The third kappa shape index (κ3) is 5.37. The Morgan fingerprint density at radius 3 is 2.11 bits per heavy atom. The van der Waals surface area contributed by atoms with Gasteiger partial charge in [0.2, 0.25) is 10.0 Å². The minimum atomic E-state index is -3.62. The van der Waals surface area contributed by atoms with E-state index in [0.29, 0.717) is 0 Å². The molecule has 0 spiro atoms. The van der Waals surface area contributed by atoms with Gasteiger partial charge >= 0.3 is 0 Å². The molecular weight excluding hydrogens is 292 g/mol. The number of nitrogens with two attached hydrogens (primary N) is 1. The van der Waals surface area contributed by atoms with Crippen LogP contribution in [0.3, 0.4) is 0 Å². The summed E-state index contributed by atoms with van der Waals surface area (Å²) < 4.78 is 43.8. The Hall–Kier alpha value is -1.45. The molecular formula is C10H14N2O5S2. The second-order valence-corrected chi connectivity index (χ2v) is 7.67. The van der Waals surface area contributed by atoms with Gasteiger partial charge in [0.25, 0.3) is 5.91 Å². The fourth-order valence-electron chi connectivity index (χ4n) is 1.26. The van der Waals surface area contributed by atoms with E-state index in [1.807, 2.05) is 0 Å². The van der Waals surface area contributed by atoms with Crippen molar-refractivity contribution in [3.8, 4) is 0 Å². The number of primary sulfonamides is 1. The van der Waals surface area contributed by atoms with Gasteiger partial charge in [0.15, 0.2) is 9.84 Å². The minimum absolute atomic E-state index is 0.105. The van der Waals surface area contributed by atoms with Crippen molar-refractivity contribution in [2.45, 2.75) is 4.90 Å². The SMILES string of the molecule is CS(=O)(=O)c1ccc(C(=O)NCCS(N)(=O)=O)cc1. The molecule has 0 radical (unpaired) electrons. The summed E-state index contributed by atoms with van der Waals surface area (Å²) in [5.41, 5.74) is 0.238. The highest BCUT2D eigenvalue weighted by molar-refractivity contribution is 7.90. The van der Waals surface area contributed by atoms with E-state index in [0.717, 1.165) is 6.26 Å². The molecule has 0 aliphatic carbocycles. The number of sulfone groups is 1. The van der Waals surface area contributed by atoms with Crippen LogP contribution in [-0.2, 0) is 19.9 Å². The molecule has 1 rings (SSSR count). The second-order valence-electron chi connectivity index (χ2n) is 3.92. The molecule has 0 saturated heterocycles. The third-order valence-corrected chi connectivity index (χ3v) is 4.12. The van der Waals surface area contributed by atoms with Crippen molar-refractivity contribution in [1.82, 2.24) is 5.32 Å². The molecule has 9 heteroatoms. The van der Waals surface area contributed by atoms with Crippen molar-refractivity contribution >= 4 is 25.8 Å². The summed E-state index contributed by atoms with van der Waals surface area (Å²) >= 11 is 0. The summed E-state index contributed by atoms with van der Waals surface area (Å²) in [4.78, 5) is 11.7. The number of carbonyl (C=O) groups is 1. The number of amides is 1. The molecule has 0 atom stereocenters.